The first-order chi connectivity index (χ1) is 15.3. The smallest absolute Gasteiger partial charge is 0.241 e. The summed E-state index contributed by atoms with van der Waals surface area (Å²) in [5.41, 5.74) is 0.796. The lowest BCUT2D eigenvalue weighted by Crippen LogP contribution is -2.49. The van der Waals surface area contributed by atoms with Gasteiger partial charge in [0.15, 0.2) is 11.5 Å². The molecule has 1 aliphatic heterocycles. The van der Waals surface area contributed by atoms with E-state index < -0.39 is 22.0 Å². The van der Waals surface area contributed by atoms with Crippen LogP contribution >= 0.6 is 0 Å². The lowest BCUT2D eigenvalue weighted by molar-refractivity contribution is -0.123. The summed E-state index contributed by atoms with van der Waals surface area (Å²) in [5.74, 6) is 0.645. The topological polar surface area (TPSA) is 116 Å². The molecule has 174 valence electrons. The van der Waals surface area contributed by atoms with Gasteiger partial charge in [0.05, 0.1) is 24.7 Å². The number of nitrogens with one attached hydrogen (secondary N) is 2. The number of ether oxygens (including phenoxy) is 3. The van der Waals surface area contributed by atoms with Crippen molar-refractivity contribution in [3.8, 4) is 17.4 Å². The van der Waals surface area contributed by atoms with Gasteiger partial charge in [-0.2, -0.15) is 4.72 Å². The fourth-order valence-electron chi connectivity index (χ4n) is 3.12. The van der Waals surface area contributed by atoms with Crippen LogP contribution in [0.15, 0.2) is 41.4 Å². The fourth-order valence-corrected chi connectivity index (χ4v) is 4.48. The largest absolute Gasteiger partial charge is 0.490 e. The molecule has 3 rings (SSSR count). The molecule has 32 heavy (non-hydrogen) atoms. The van der Waals surface area contributed by atoms with Gasteiger partial charge in [-0.15, -0.1) is 0 Å². The molecule has 2 N–H and O–H groups in total. The monoisotopic (exact) mass is 463 g/mol. The van der Waals surface area contributed by atoms with Crippen molar-refractivity contribution >= 4 is 15.9 Å². The molecule has 1 unspecified atom stereocenters. The molecule has 2 aromatic rings. The molecule has 0 saturated carbocycles. The van der Waals surface area contributed by atoms with Gasteiger partial charge in [0.1, 0.15) is 6.04 Å². The Balaban J connectivity index is 1.70. The second-order valence-electron chi connectivity index (χ2n) is 7.66. The lowest BCUT2D eigenvalue weighted by Gasteiger charge is -2.22. The van der Waals surface area contributed by atoms with Crippen LogP contribution in [-0.2, 0) is 21.4 Å². The first kappa shape index (κ1) is 23.8. The van der Waals surface area contributed by atoms with Gasteiger partial charge in [-0.1, -0.05) is 13.8 Å². The van der Waals surface area contributed by atoms with E-state index in [2.05, 4.69) is 15.0 Å². The number of fused-ring (bicyclic) bond motifs is 1. The van der Waals surface area contributed by atoms with Crippen molar-refractivity contribution < 1.29 is 27.4 Å². The zero-order valence-electron chi connectivity index (χ0n) is 18.5. The van der Waals surface area contributed by atoms with Crippen molar-refractivity contribution in [1.29, 1.82) is 0 Å². The standard InChI is InChI=1S/C22H29N3O6S/c1-4-29-20-12-16(8-9-23-20)14-24-22(26)21(15(2)3)25-32(27,28)17-6-7-18-19(13-17)31-11-5-10-30-18/h6-9,12-13,15,21,25H,4-5,10-11,14H2,1-3H3,(H,24,26). The van der Waals surface area contributed by atoms with Crippen LogP contribution in [0, 0.1) is 5.92 Å². The molecule has 1 aromatic heterocycles. The van der Waals surface area contributed by atoms with E-state index in [0.717, 1.165) is 5.56 Å². The molecule has 0 aliphatic carbocycles. The summed E-state index contributed by atoms with van der Waals surface area (Å²) < 4.78 is 45.0. The molecule has 1 aliphatic rings. The minimum Gasteiger partial charge on any atom is -0.490 e. The van der Waals surface area contributed by atoms with E-state index in [0.29, 0.717) is 43.6 Å². The SMILES string of the molecule is CCOc1cc(CNC(=O)C(NS(=O)(=O)c2ccc3c(c2)OCCCO3)C(C)C)ccn1. The molecule has 0 radical (unpaired) electrons. The number of hydrogen-bond acceptors (Lipinski definition) is 7. The third kappa shape index (κ3) is 6.10. The maximum Gasteiger partial charge on any atom is 0.241 e. The van der Waals surface area contributed by atoms with Crippen LogP contribution in [0.1, 0.15) is 32.8 Å². The maximum atomic E-state index is 13.0. The van der Waals surface area contributed by atoms with Crippen LogP contribution in [0.3, 0.4) is 0 Å². The van der Waals surface area contributed by atoms with Crippen molar-refractivity contribution in [3.63, 3.8) is 0 Å². The second kappa shape index (κ2) is 10.6. The third-order valence-electron chi connectivity index (χ3n) is 4.82. The van der Waals surface area contributed by atoms with Crippen molar-refractivity contribution in [2.75, 3.05) is 19.8 Å². The van der Waals surface area contributed by atoms with Gasteiger partial charge in [-0.3, -0.25) is 4.79 Å². The van der Waals surface area contributed by atoms with Crippen LogP contribution in [-0.4, -0.2) is 45.2 Å². The van der Waals surface area contributed by atoms with Gasteiger partial charge in [-0.05, 0) is 36.6 Å². The molecule has 1 atom stereocenters. The summed E-state index contributed by atoms with van der Waals surface area (Å²) in [6.07, 6.45) is 2.31. The average Bonchev–Trinajstić information content (AvgIpc) is 3.01. The Hall–Kier alpha value is -2.85. The van der Waals surface area contributed by atoms with E-state index in [1.807, 2.05) is 6.92 Å². The maximum absolute atomic E-state index is 13.0. The third-order valence-corrected chi connectivity index (χ3v) is 6.26. The molecular formula is C22H29N3O6S. The Morgan fingerprint density at radius 1 is 1.16 bits per heavy atom. The van der Waals surface area contributed by atoms with Crippen LogP contribution < -0.4 is 24.2 Å². The molecule has 2 heterocycles. The lowest BCUT2D eigenvalue weighted by atomic mass is 10.0. The fraction of sp³-hybridized carbons (Fsp3) is 0.455. The number of amides is 1. The number of nitrogens with zero attached hydrogens (tertiary/aromatic N) is 1. The first-order valence-electron chi connectivity index (χ1n) is 10.6. The number of carbonyl (C=O) groups excluding carboxylic acids is 1. The highest BCUT2D eigenvalue weighted by Crippen LogP contribution is 2.32. The number of rotatable bonds is 9. The number of aromatic nitrogens is 1. The summed E-state index contributed by atoms with van der Waals surface area (Å²) >= 11 is 0. The second-order valence-corrected chi connectivity index (χ2v) is 9.37. The van der Waals surface area contributed by atoms with E-state index in [1.165, 1.54) is 12.1 Å². The van der Waals surface area contributed by atoms with Gasteiger partial charge < -0.3 is 19.5 Å². The van der Waals surface area contributed by atoms with Crippen molar-refractivity contribution in [2.24, 2.45) is 5.92 Å². The van der Waals surface area contributed by atoms with Crippen LogP contribution in [0.4, 0.5) is 0 Å². The molecular weight excluding hydrogens is 434 g/mol. The van der Waals surface area contributed by atoms with Gasteiger partial charge in [0.25, 0.3) is 0 Å². The van der Waals surface area contributed by atoms with Gasteiger partial charge >= 0.3 is 0 Å². The zero-order chi connectivity index (χ0) is 23.1. The predicted molar refractivity (Wildman–Crippen MR) is 118 cm³/mol. The summed E-state index contributed by atoms with van der Waals surface area (Å²) in [7, 11) is -3.97. The first-order valence-corrected chi connectivity index (χ1v) is 12.1. The summed E-state index contributed by atoms with van der Waals surface area (Å²) in [6, 6.07) is 6.97. The van der Waals surface area contributed by atoms with Gasteiger partial charge in [0, 0.05) is 31.3 Å². The molecule has 0 fully saturated rings. The zero-order valence-corrected chi connectivity index (χ0v) is 19.3. The highest BCUT2D eigenvalue weighted by molar-refractivity contribution is 7.89. The van der Waals surface area contributed by atoms with E-state index >= 15 is 0 Å². The van der Waals surface area contributed by atoms with E-state index in [-0.39, 0.29) is 17.4 Å². The molecule has 10 heteroatoms. The highest BCUT2D eigenvalue weighted by atomic mass is 32.2. The Morgan fingerprint density at radius 3 is 2.62 bits per heavy atom. The van der Waals surface area contributed by atoms with Gasteiger partial charge in [0.2, 0.25) is 21.8 Å². The predicted octanol–water partition coefficient (Wildman–Crippen LogP) is 2.26. The van der Waals surface area contributed by atoms with Crippen LogP contribution in [0.25, 0.3) is 0 Å². The number of hydrogen-bond donors (Lipinski definition) is 2. The minimum absolute atomic E-state index is 0.00990. The Morgan fingerprint density at radius 2 is 1.91 bits per heavy atom. The van der Waals surface area contributed by atoms with Crippen molar-refractivity contribution in [1.82, 2.24) is 15.0 Å². The van der Waals surface area contributed by atoms with E-state index in [4.69, 9.17) is 14.2 Å². The summed E-state index contributed by atoms with van der Waals surface area (Å²) in [4.78, 5) is 16.9. The Labute approximate surface area is 188 Å². The normalized spacial score (nSPS) is 14.5. The molecule has 0 bridgehead atoms. The quantitative estimate of drug-likeness (QED) is 0.586. The summed E-state index contributed by atoms with van der Waals surface area (Å²) in [5, 5.41) is 2.79. The number of sulfonamides is 1. The van der Waals surface area contributed by atoms with E-state index in [9.17, 15) is 13.2 Å². The average molecular weight is 464 g/mol. The molecule has 1 aromatic carbocycles. The van der Waals surface area contributed by atoms with Gasteiger partial charge in [-0.25, -0.2) is 13.4 Å². The molecule has 0 saturated heterocycles. The Kier molecular flexibility index (Phi) is 7.92. The Bertz CT molecular complexity index is 1040. The molecule has 0 spiro atoms. The highest BCUT2D eigenvalue weighted by Gasteiger charge is 2.29. The number of benzene rings is 1. The van der Waals surface area contributed by atoms with E-state index in [1.54, 1.807) is 38.2 Å². The van der Waals surface area contributed by atoms with Crippen molar-refractivity contribution in [3.05, 3.63) is 42.1 Å². The minimum atomic E-state index is -3.97. The van der Waals surface area contributed by atoms with Crippen LogP contribution in [0.5, 0.6) is 17.4 Å². The number of carbonyl (C=O) groups is 1. The van der Waals surface area contributed by atoms with Crippen LogP contribution in [0.2, 0.25) is 0 Å². The molecule has 1 amide bonds. The summed E-state index contributed by atoms with van der Waals surface area (Å²) in [6.45, 7) is 7.08. The van der Waals surface area contributed by atoms with Crippen molar-refractivity contribution in [2.45, 2.75) is 44.7 Å². The number of pyridine rings is 1. The molecule has 9 nitrogen and oxygen atoms in total.